The molecule has 0 radical (unpaired) electrons. The number of halogens is 1. The van der Waals surface area contributed by atoms with Crippen LogP contribution in [0.15, 0.2) is 42.9 Å². The lowest BCUT2D eigenvalue weighted by molar-refractivity contribution is -0.124. The second-order valence-electron chi connectivity index (χ2n) is 8.00. The summed E-state index contributed by atoms with van der Waals surface area (Å²) in [6.45, 7) is 5.27. The van der Waals surface area contributed by atoms with E-state index in [0.717, 1.165) is 18.4 Å². The van der Waals surface area contributed by atoms with Crippen LogP contribution in [-0.4, -0.2) is 43.2 Å². The van der Waals surface area contributed by atoms with E-state index in [1.807, 2.05) is 18.4 Å². The summed E-state index contributed by atoms with van der Waals surface area (Å²) in [5.41, 5.74) is 1.62. The highest BCUT2D eigenvalue weighted by atomic mass is 19.1. The van der Waals surface area contributed by atoms with Crippen molar-refractivity contribution in [1.29, 1.82) is 0 Å². The Morgan fingerprint density at radius 1 is 1.23 bits per heavy atom. The van der Waals surface area contributed by atoms with E-state index >= 15 is 0 Å². The topological polar surface area (TPSA) is 88.8 Å². The Kier molecular flexibility index (Phi) is 6.20. The zero-order valence-corrected chi connectivity index (χ0v) is 17.7. The first kappa shape index (κ1) is 20.9. The smallest absolute Gasteiger partial charge is 0.228 e. The van der Waals surface area contributed by atoms with Gasteiger partial charge in [-0.25, -0.2) is 9.37 Å². The van der Waals surface area contributed by atoms with Gasteiger partial charge in [-0.05, 0) is 30.5 Å². The standard InChI is InChI=1S/C22H26FN7O/c1-15(2)21(31)26-11-12-29-20(19-13-24-9-10-25-19)27-28-22(29)30(18-7-8-18)14-16-3-5-17(23)6-4-16/h3-6,9-10,13,15,18H,7-8,11-12,14H2,1-2H3,(H,26,31). The molecule has 2 heterocycles. The lowest BCUT2D eigenvalue weighted by atomic mass is 10.2. The van der Waals surface area contributed by atoms with Crippen molar-refractivity contribution in [1.82, 2.24) is 30.0 Å². The number of rotatable bonds is 9. The van der Waals surface area contributed by atoms with Gasteiger partial charge in [-0.2, -0.15) is 0 Å². The van der Waals surface area contributed by atoms with E-state index in [-0.39, 0.29) is 17.6 Å². The van der Waals surface area contributed by atoms with E-state index in [1.165, 1.54) is 12.1 Å². The molecular formula is C22H26FN7O. The van der Waals surface area contributed by atoms with Gasteiger partial charge in [0.1, 0.15) is 11.5 Å². The molecule has 8 nitrogen and oxygen atoms in total. The third-order valence-corrected chi connectivity index (χ3v) is 5.19. The van der Waals surface area contributed by atoms with Crippen LogP contribution < -0.4 is 10.2 Å². The summed E-state index contributed by atoms with van der Waals surface area (Å²) in [5.74, 6) is 0.982. The second kappa shape index (κ2) is 9.20. The van der Waals surface area contributed by atoms with Gasteiger partial charge in [0.25, 0.3) is 0 Å². The Bertz CT molecular complexity index is 1020. The molecule has 0 aliphatic heterocycles. The van der Waals surface area contributed by atoms with Crippen LogP contribution in [0.25, 0.3) is 11.5 Å². The fraction of sp³-hybridized carbons (Fsp3) is 0.409. The molecule has 1 aliphatic carbocycles. The SMILES string of the molecule is CC(C)C(=O)NCCn1c(-c2cnccn2)nnc1N(Cc1ccc(F)cc1)C1CC1. The van der Waals surface area contributed by atoms with E-state index in [1.54, 1.807) is 30.7 Å². The maximum atomic E-state index is 13.3. The van der Waals surface area contributed by atoms with Gasteiger partial charge < -0.3 is 10.2 Å². The van der Waals surface area contributed by atoms with E-state index in [0.29, 0.717) is 43.1 Å². The first-order valence-electron chi connectivity index (χ1n) is 10.5. The van der Waals surface area contributed by atoms with Gasteiger partial charge in [0.15, 0.2) is 5.82 Å². The molecular weight excluding hydrogens is 397 g/mol. The van der Waals surface area contributed by atoms with Crippen molar-refractivity contribution in [3.63, 3.8) is 0 Å². The van der Waals surface area contributed by atoms with Gasteiger partial charge in [-0.3, -0.25) is 14.3 Å². The monoisotopic (exact) mass is 423 g/mol. The predicted octanol–water partition coefficient (Wildman–Crippen LogP) is 2.82. The zero-order valence-electron chi connectivity index (χ0n) is 17.7. The third kappa shape index (κ3) is 5.04. The number of hydrogen-bond acceptors (Lipinski definition) is 6. The van der Waals surface area contributed by atoms with Crippen LogP contribution in [0.3, 0.4) is 0 Å². The average Bonchev–Trinajstić information content (AvgIpc) is 3.53. The molecule has 1 aliphatic rings. The van der Waals surface area contributed by atoms with E-state index in [4.69, 9.17) is 0 Å². The summed E-state index contributed by atoms with van der Waals surface area (Å²) >= 11 is 0. The molecule has 1 amide bonds. The first-order chi connectivity index (χ1) is 15.0. The molecule has 1 aromatic carbocycles. The number of amides is 1. The summed E-state index contributed by atoms with van der Waals surface area (Å²) < 4.78 is 15.3. The number of nitrogens with zero attached hydrogens (tertiary/aromatic N) is 6. The largest absolute Gasteiger partial charge is 0.354 e. The van der Waals surface area contributed by atoms with Crippen molar-refractivity contribution in [2.75, 3.05) is 11.4 Å². The van der Waals surface area contributed by atoms with Crippen molar-refractivity contribution in [2.45, 2.75) is 45.8 Å². The van der Waals surface area contributed by atoms with Crippen LogP contribution in [0, 0.1) is 11.7 Å². The summed E-state index contributed by atoms with van der Waals surface area (Å²) in [5, 5.41) is 11.8. The lowest BCUT2D eigenvalue weighted by Gasteiger charge is -2.24. The quantitative estimate of drug-likeness (QED) is 0.569. The van der Waals surface area contributed by atoms with Crippen LogP contribution in [0.2, 0.25) is 0 Å². The molecule has 31 heavy (non-hydrogen) atoms. The Labute approximate surface area is 180 Å². The first-order valence-corrected chi connectivity index (χ1v) is 10.5. The van der Waals surface area contributed by atoms with Crippen molar-refractivity contribution in [3.05, 3.63) is 54.2 Å². The number of hydrogen-bond donors (Lipinski definition) is 1. The van der Waals surface area contributed by atoms with Crippen molar-refractivity contribution < 1.29 is 9.18 Å². The Hall–Kier alpha value is -3.36. The maximum Gasteiger partial charge on any atom is 0.228 e. The minimum Gasteiger partial charge on any atom is -0.354 e. The van der Waals surface area contributed by atoms with Crippen LogP contribution >= 0.6 is 0 Å². The minimum absolute atomic E-state index is 0.000962. The van der Waals surface area contributed by atoms with E-state index in [2.05, 4.69) is 30.4 Å². The van der Waals surface area contributed by atoms with Crippen LogP contribution in [0.5, 0.6) is 0 Å². The molecule has 0 atom stereocenters. The van der Waals surface area contributed by atoms with E-state index in [9.17, 15) is 9.18 Å². The molecule has 9 heteroatoms. The van der Waals surface area contributed by atoms with Crippen molar-refractivity contribution in [2.24, 2.45) is 5.92 Å². The number of anilines is 1. The molecule has 1 saturated carbocycles. The van der Waals surface area contributed by atoms with Gasteiger partial charge >= 0.3 is 0 Å². The Balaban J connectivity index is 1.63. The number of aromatic nitrogens is 5. The third-order valence-electron chi connectivity index (χ3n) is 5.19. The number of carbonyl (C=O) groups is 1. The van der Waals surface area contributed by atoms with Gasteiger partial charge in [-0.1, -0.05) is 26.0 Å². The Morgan fingerprint density at radius 3 is 2.65 bits per heavy atom. The lowest BCUT2D eigenvalue weighted by Crippen LogP contribution is -2.33. The number of carbonyl (C=O) groups excluding carboxylic acids is 1. The highest BCUT2D eigenvalue weighted by Gasteiger charge is 2.33. The minimum atomic E-state index is -0.254. The summed E-state index contributed by atoms with van der Waals surface area (Å²) in [7, 11) is 0. The summed E-state index contributed by atoms with van der Waals surface area (Å²) in [6.07, 6.45) is 7.01. The fourth-order valence-electron chi connectivity index (χ4n) is 3.35. The van der Waals surface area contributed by atoms with Gasteiger partial charge in [0, 0.05) is 44.0 Å². The van der Waals surface area contributed by atoms with Crippen molar-refractivity contribution >= 4 is 11.9 Å². The molecule has 162 valence electrons. The molecule has 0 spiro atoms. The molecule has 0 saturated heterocycles. The highest BCUT2D eigenvalue weighted by Crippen LogP contribution is 2.33. The summed E-state index contributed by atoms with van der Waals surface area (Å²) in [4.78, 5) is 22.7. The van der Waals surface area contributed by atoms with Crippen molar-refractivity contribution in [3.8, 4) is 11.5 Å². The van der Waals surface area contributed by atoms with Gasteiger partial charge in [0.05, 0.1) is 6.20 Å². The van der Waals surface area contributed by atoms with Gasteiger partial charge in [-0.15, -0.1) is 10.2 Å². The molecule has 4 rings (SSSR count). The van der Waals surface area contributed by atoms with Crippen LogP contribution in [0.1, 0.15) is 32.3 Å². The Morgan fingerprint density at radius 2 is 2.00 bits per heavy atom. The zero-order chi connectivity index (χ0) is 21.8. The molecule has 1 fully saturated rings. The summed E-state index contributed by atoms with van der Waals surface area (Å²) in [6, 6.07) is 6.87. The maximum absolute atomic E-state index is 13.3. The number of nitrogens with one attached hydrogen (secondary N) is 1. The molecule has 2 aromatic heterocycles. The van der Waals surface area contributed by atoms with Gasteiger partial charge in [0.2, 0.25) is 11.9 Å². The van der Waals surface area contributed by atoms with E-state index < -0.39 is 0 Å². The highest BCUT2D eigenvalue weighted by molar-refractivity contribution is 5.77. The number of benzene rings is 1. The molecule has 0 bridgehead atoms. The molecule has 0 unspecified atom stereocenters. The molecule has 1 N–H and O–H groups in total. The normalized spacial score (nSPS) is 13.4. The van der Waals surface area contributed by atoms with Crippen LogP contribution in [-0.2, 0) is 17.9 Å². The predicted molar refractivity (Wildman–Crippen MR) is 115 cm³/mol. The molecule has 3 aromatic rings. The average molecular weight is 423 g/mol. The fourth-order valence-corrected chi connectivity index (χ4v) is 3.35. The van der Waals surface area contributed by atoms with Crippen LogP contribution in [0.4, 0.5) is 10.3 Å². The second-order valence-corrected chi connectivity index (χ2v) is 8.00.